The largest absolute Gasteiger partial charge is 0.475 e. The molecule has 1 atom stereocenters. The van der Waals surface area contributed by atoms with Crippen molar-refractivity contribution in [1.29, 1.82) is 0 Å². The van der Waals surface area contributed by atoms with E-state index in [2.05, 4.69) is 17.0 Å². The van der Waals surface area contributed by atoms with Crippen molar-refractivity contribution in [1.82, 2.24) is 0 Å². The Morgan fingerprint density at radius 3 is 2.05 bits per heavy atom. The molecule has 0 radical (unpaired) electrons. The van der Waals surface area contributed by atoms with E-state index in [4.69, 9.17) is 14.1 Å². The molecule has 21 heavy (non-hydrogen) atoms. The van der Waals surface area contributed by atoms with Gasteiger partial charge in [-0.1, -0.05) is 48.6 Å². The first-order valence-electron chi connectivity index (χ1n) is 5.78. The Hall–Kier alpha value is -0.520. The zero-order valence-electron chi connectivity index (χ0n) is 10.7. The van der Waals surface area contributed by atoms with Crippen LogP contribution < -0.4 is 0 Å². The van der Waals surface area contributed by atoms with Gasteiger partial charge in [-0.25, -0.2) is 13.6 Å². The molecule has 1 unspecified atom stereocenters. The van der Waals surface area contributed by atoms with E-state index in [1.807, 2.05) is 24.3 Å². The highest BCUT2D eigenvalue weighted by atomic mass is 33.1. The predicted molar refractivity (Wildman–Crippen MR) is 89.9 cm³/mol. The normalized spacial score (nSPS) is 14.4. The molecule has 0 amide bonds. The first-order valence-corrected chi connectivity index (χ1v) is 11.5. The average molecular weight is 361 g/mol. The molecule has 0 saturated carbocycles. The minimum atomic E-state index is -4.70. The Bertz CT molecular complexity index is 691. The number of nitrogens with zero attached hydrogens (tertiary/aromatic N) is 1. The number of rotatable bonds is 5. The fourth-order valence-electron chi connectivity index (χ4n) is 1.45. The van der Waals surface area contributed by atoms with Crippen molar-refractivity contribution in [3.8, 4) is 0 Å². The molecule has 2 aromatic carbocycles. The summed E-state index contributed by atoms with van der Waals surface area (Å²) in [5.74, 6) is 0. The van der Waals surface area contributed by atoms with Crippen molar-refractivity contribution < 1.29 is 18.7 Å². The van der Waals surface area contributed by atoms with E-state index in [1.54, 1.807) is 36.4 Å². The summed E-state index contributed by atoms with van der Waals surface area (Å²) in [7, 11) is -4.70. The van der Waals surface area contributed by atoms with E-state index in [0.717, 1.165) is 16.3 Å². The van der Waals surface area contributed by atoms with Crippen molar-refractivity contribution >= 4 is 42.8 Å². The van der Waals surface area contributed by atoms with E-state index in [-0.39, 0.29) is 0 Å². The minimum absolute atomic E-state index is 0.553. The van der Waals surface area contributed by atoms with Crippen LogP contribution in [-0.4, -0.2) is 9.79 Å². The van der Waals surface area contributed by atoms with Gasteiger partial charge in [-0.15, -0.1) is 0 Å². The SMILES string of the molecule is O=P(O)(O)OP(S)(=Nc1ccccc1)Sc1ccccc1. The number of phosphoric acid groups is 1. The third kappa shape index (κ3) is 6.01. The molecule has 5 nitrogen and oxygen atoms in total. The van der Waals surface area contributed by atoms with Gasteiger partial charge in [-0.3, -0.25) is 0 Å². The van der Waals surface area contributed by atoms with Crippen molar-refractivity contribution in [2.24, 2.45) is 4.74 Å². The molecule has 2 rings (SSSR count). The maximum Gasteiger partial charge on any atom is 0.475 e. The van der Waals surface area contributed by atoms with Crippen LogP contribution in [0.5, 0.6) is 0 Å². The molecule has 0 fully saturated rings. The van der Waals surface area contributed by atoms with Gasteiger partial charge in [0.15, 0.2) is 0 Å². The first kappa shape index (κ1) is 16.8. The maximum absolute atomic E-state index is 11.2. The standard InChI is InChI=1S/C12H13NO4P2S2/c14-19(15,16)17-18(20,13-11-7-3-1-4-8-11)21-12-9-5-2-6-10-12/h1-10,20H,(H2,14,15,16). The van der Waals surface area contributed by atoms with Crippen LogP contribution in [0.1, 0.15) is 0 Å². The Kier molecular flexibility index (Phi) is 5.74. The molecular formula is C12H13NO4P2S2. The molecule has 0 heterocycles. The summed E-state index contributed by atoms with van der Waals surface area (Å²) in [4.78, 5) is 19.0. The summed E-state index contributed by atoms with van der Waals surface area (Å²) in [6.45, 7) is 0. The molecule has 2 aromatic rings. The second kappa shape index (κ2) is 7.16. The van der Waals surface area contributed by atoms with Gasteiger partial charge in [0.1, 0.15) is 0 Å². The lowest BCUT2D eigenvalue weighted by Gasteiger charge is -2.18. The number of hydrogen-bond donors (Lipinski definition) is 3. The van der Waals surface area contributed by atoms with Gasteiger partial charge in [-0.2, -0.15) is 0 Å². The summed E-state index contributed by atoms with van der Waals surface area (Å²) in [5, 5.41) is 0. The zero-order chi connectivity index (χ0) is 15.3. The molecule has 9 heteroatoms. The fraction of sp³-hybridized carbons (Fsp3) is 0. The van der Waals surface area contributed by atoms with Crippen molar-refractivity contribution in [2.75, 3.05) is 0 Å². The second-order valence-electron chi connectivity index (χ2n) is 3.90. The van der Waals surface area contributed by atoms with Gasteiger partial charge in [0.2, 0.25) is 5.69 Å². The molecule has 112 valence electrons. The minimum Gasteiger partial charge on any atom is -0.302 e. The molecule has 0 saturated heterocycles. The summed E-state index contributed by atoms with van der Waals surface area (Å²) < 4.78 is 20.4. The van der Waals surface area contributed by atoms with E-state index in [1.165, 1.54) is 0 Å². The molecular weight excluding hydrogens is 348 g/mol. The highest BCUT2D eigenvalue weighted by Crippen LogP contribution is 2.76. The quantitative estimate of drug-likeness (QED) is 0.510. The summed E-state index contributed by atoms with van der Waals surface area (Å²) in [6.07, 6.45) is 0. The van der Waals surface area contributed by atoms with E-state index in [9.17, 15) is 4.57 Å². The number of benzene rings is 2. The fourth-order valence-corrected chi connectivity index (χ4v) is 8.55. The van der Waals surface area contributed by atoms with Crippen LogP contribution in [0.25, 0.3) is 0 Å². The maximum atomic E-state index is 11.2. The van der Waals surface area contributed by atoms with Crippen LogP contribution in [0.15, 0.2) is 70.3 Å². The lowest BCUT2D eigenvalue weighted by Crippen LogP contribution is -1.81. The monoisotopic (exact) mass is 361 g/mol. The third-order valence-corrected chi connectivity index (χ3v) is 8.94. The zero-order valence-corrected chi connectivity index (χ0v) is 14.2. The van der Waals surface area contributed by atoms with Gasteiger partial charge >= 0.3 is 7.82 Å². The molecule has 0 aliphatic heterocycles. The molecule has 0 aromatic heterocycles. The third-order valence-electron chi connectivity index (χ3n) is 2.18. The molecule has 0 aliphatic carbocycles. The highest BCUT2D eigenvalue weighted by molar-refractivity contribution is 8.85. The molecule has 2 N–H and O–H groups in total. The molecule has 0 spiro atoms. The van der Waals surface area contributed by atoms with Gasteiger partial charge in [0, 0.05) is 4.90 Å². The van der Waals surface area contributed by atoms with Gasteiger partial charge < -0.3 is 9.79 Å². The first-order chi connectivity index (χ1) is 9.86. The lowest BCUT2D eigenvalue weighted by atomic mass is 10.3. The lowest BCUT2D eigenvalue weighted by molar-refractivity contribution is 0.295. The van der Waals surface area contributed by atoms with Gasteiger partial charge in [-0.05, 0) is 35.6 Å². The molecule has 0 aliphatic rings. The van der Waals surface area contributed by atoms with Crippen molar-refractivity contribution in [2.45, 2.75) is 4.90 Å². The van der Waals surface area contributed by atoms with Crippen LogP contribution in [0.3, 0.4) is 0 Å². The summed E-state index contributed by atoms with van der Waals surface area (Å²) in [6, 6.07) is 17.9. The van der Waals surface area contributed by atoms with Gasteiger partial charge in [0.05, 0.1) is 5.69 Å². The topological polar surface area (TPSA) is 79.1 Å². The number of thiol groups is 1. The van der Waals surface area contributed by atoms with Crippen LogP contribution in [-0.2, 0) is 8.88 Å². The Morgan fingerprint density at radius 1 is 1.00 bits per heavy atom. The van der Waals surface area contributed by atoms with E-state index in [0.29, 0.717) is 5.69 Å². The van der Waals surface area contributed by atoms with Crippen molar-refractivity contribution in [3.63, 3.8) is 0 Å². The van der Waals surface area contributed by atoms with E-state index >= 15 is 0 Å². The van der Waals surface area contributed by atoms with Crippen molar-refractivity contribution in [3.05, 3.63) is 60.7 Å². The highest BCUT2D eigenvalue weighted by Gasteiger charge is 2.28. The smallest absolute Gasteiger partial charge is 0.302 e. The van der Waals surface area contributed by atoms with E-state index < -0.39 is 13.5 Å². The van der Waals surface area contributed by atoms with Crippen LogP contribution >= 0.6 is 37.1 Å². The molecule has 0 bridgehead atoms. The summed E-state index contributed by atoms with van der Waals surface area (Å²) >= 11 is 5.43. The van der Waals surface area contributed by atoms with Gasteiger partial charge in [0.25, 0.3) is 0 Å². The average Bonchev–Trinajstić information content (AvgIpc) is 2.38. The Balaban J connectivity index is 2.39. The van der Waals surface area contributed by atoms with Crippen LogP contribution in [0, 0.1) is 0 Å². The second-order valence-corrected chi connectivity index (χ2v) is 11.8. The predicted octanol–water partition coefficient (Wildman–Crippen LogP) is 5.10. The summed E-state index contributed by atoms with van der Waals surface area (Å²) in [5.41, 5.74) is -2.51. The Labute approximate surface area is 132 Å². The van der Waals surface area contributed by atoms with Crippen LogP contribution in [0.4, 0.5) is 5.69 Å². The Morgan fingerprint density at radius 2 is 1.52 bits per heavy atom. The number of hydrogen-bond acceptors (Lipinski definition) is 4. The van der Waals surface area contributed by atoms with Crippen LogP contribution in [0.2, 0.25) is 0 Å².